The van der Waals surface area contributed by atoms with E-state index in [-0.39, 0.29) is 11.9 Å². The number of rotatable bonds is 3. The SMILES string of the molecule is Cc1cc(-n2nc(N)nc2N)cnc1N1CCN([C@H]2CC3CCC2C3)C(C)C1. The number of fused-ring (bicyclic) bond motifs is 2. The molecule has 3 aliphatic rings. The molecule has 0 aromatic carbocycles. The van der Waals surface area contributed by atoms with Crippen molar-refractivity contribution in [3.8, 4) is 5.69 Å². The maximum Gasteiger partial charge on any atom is 0.241 e. The molecule has 8 nitrogen and oxygen atoms in total. The number of nitrogen functional groups attached to an aromatic ring is 2. The minimum absolute atomic E-state index is 0.171. The second-order valence-electron chi connectivity index (χ2n) is 8.85. The van der Waals surface area contributed by atoms with Crippen molar-refractivity contribution in [3.63, 3.8) is 0 Å². The van der Waals surface area contributed by atoms with Crippen LogP contribution in [-0.4, -0.2) is 56.4 Å². The average molecular weight is 383 g/mol. The highest BCUT2D eigenvalue weighted by atomic mass is 15.4. The lowest BCUT2D eigenvalue weighted by atomic mass is 9.92. The number of pyridine rings is 1. The Kier molecular flexibility index (Phi) is 4.19. The van der Waals surface area contributed by atoms with Crippen molar-refractivity contribution < 1.29 is 0 Å². The third-order valence-corrected chi connectivity index (χ3v) is 7.03. The molecule has 2 aliphatic carbocycles. The van der Waals surface area contributed by atoms with Crippen LogP contribution in [0.2, 0.25) is 0 Å². The number of aryl methyl sites for hydroxylation is 1. The van der Waals surface area contributed by atoms with Gasteiger partial charge in [0.05, 0.1) is 11.9 Å². The Morgan fingerprint density at radius 1 is 1.14 bits per heavy atom. The Bertz CT molecular complexity index is 877. The molecule has 4 N–H and O–H groups in total. The van der Waals surface area contributed by atoms with Gasteiger partial charge in [-0.3, -0.25) is 4.90 Å². The van der Waals surface area contributed by atoms with E-state index in [0.717, 1.165) is 54.6 Å². The Labute approximate surface area is 165 Å². The van der Waals surface area contributed by atoms with Crippen LogP contribution in [0.25, 0.3) is 5.69 Å². The molecule has 0 spiro atoms. The molecule has 2 bridgehead atoms. The standard InChI is InChI=1S/C20H30N8/c1-12-7-16(28-20(22)24-19(21)25-28)10-23-18(12)26-5-6-27(13(2)11-26)17-9-14-3-4-15(17)8-14/h7,10,13-15,17H,3-6,8-9,11H2,1-2H3,(H4,21,22,24,25)/t13?,14?,15?,17-/m0/s1. The van der Waals surface area contributed by atoms with Gasteiger partial charge in [-0.15, -0.1) is 5.10 Å². The molecular formula is C20H30N8. The molecule has 2 aromatic rings. The topological polar surface area (TPSA) is 102 Å². The summed E-state index contributed by atoms with van der Waals surface area (Å²) in [6, 6.07) is 3.43. The molecule has 2 saturated carbocycles. The highest BCUT2D eigenvalue weighted by Crippen LogP contribution is 2.47. The molecule has 5 rings (SSSR count). The van der Waals surface area contributed by atoms with Crippen LogP contribution in [0.1, 0.15) is 38.2 Å². The number of hydrogen-bond acceptors (Lipinski definition) is 7. The first-order valence-electron chi connectivity index (χ1n) is 10.5. The van der Waals surface area contributed by atoms with Crippen LogP contribution in [0.3, 0.4) is 0 Å². The van der Waals surface area contributed by atoms with Gasteiger partial charge in [0.1, 0.15) is 5.82 Å². The molecule has 3 heterocycles. The van der Waals surface area contributed by atoms with Crippen LogP contribution in [0, 0.1) is 18.8 Å². The number of aromatic nitrogens is 4. The fraction of sp³-hybridized carbons (Fsp3) is 0.650. The molecule has 0 amide bonds. The summed E-state index contributed by atoms with van der Waals surface area (Å²) in [5.74, 6) is 3.44. The first-order chi connectivity index (χ1) is 13.5. The third-order valence-electron chi connectivity index (χ3n) is 7.03. The van der Waals surface area contributed by atoms with E-state index in [4.69, 9.17) is 16.5 Å². The van der Waals surface area contributed by atoms with Crippen molar-refractivity contribution in [2.75, 3.05) is 36.0 Å². The lowest BCUT2D eigenvalue weighted by Gasteiger charge is -2.46. The Morgan fingerprint density at radius 2 is 2.00 bits per heavy atom. The summed E-state index contributed by atoms with van der Waals surface area (Å²) in [5, 5.41) is 4.15. The third kappa shape index (κ3) is 2.90. The number of piperazine rings is 1. The van der Waals surface area contributed by atoms with E-state index in [1.54, 1.807) is 6.20 Å². The van der Waals surface area contributed by atoms with Gasteiger partial charge >= 0.3 is 0 Å². The van der Waals surface area contributed by atoms with Crippen molar-refractivity contribution in [1.29, 1.82) is 0 Å². The van der Waals surface area contributed by atoms with Crippen molar-refractivity contribution in [1.82, 2.24) is 24.6 Å². The highest BCUT2D eigenvalue weighted by molar-refractivity contribution is 5.52. The second-order valence-corrected chi connectivity index (χ2v) is 8.85. The molecule has 1 saturated heterocycles. The molecule has 4 atom stereocenters. The molecule has 3 fully saturated rings. The lowest BCUT2D eigenvalue weighted by molar-refractivity contribution is 0.0899. The Hall–Kier alpha value is -2.35. The number of hydrogen-bond donors (Lipinski definition) is 2. The van der Waals surface area contributed by atoms with Gasteiger partial charge in [0, 0.05) is 31.7 Å². The molecule has 8 heteroatoms. The van der Waals surface area contributed by atoms with Crippen molar-refractivity contribution in [3.05, 3.63) is 17.8 Å². The zero-order valence-electron chi connectivity index (χ0n) is 16.8. The van der Waals surface area contributed by atoms with E-state index >= 15 is 0 Å². The van der Waals surface area contributed by atoms with Gasteiger partial charge in [0.15, 0.2) is 0 Å². The van der Waals surface area contributed by atoms with Crippen molar-refractivity contribution in [2.24, 2.45) is 11.8 Å². The molecule has 2 aromatic heterocycles. The minimum atomic E-state index is 0.171. The summed E-state index contributed by atoms with van der Waals surface area (Å²) in [6.45, 7) is 7.66. The average Bonchev–Trinajstić information content (AvgIpc) is 3.37. The maximum absolute atomic E-state index is 5.89. The molecule has 28 heavy (non-hydrogen) atoms. The number of anilines is 3. The molecular weight excluding hydrogens is 352 g/mol. The highest BCUT2D eigenvalue weighted by Gasteiger charge is 2.44. The predicted octanol–water partition coefficient (Wildman–Crippen LogP) is 1.83. The van der Waals surface area contributed by atoms with E-state index in [2.05, 4.69) is 39.8 Å². The summed E-state index contributed by atoms with van der Waals surface area (Å²) >= 11 is 0. The van der Waals surface area contributed by atoms with Gasteiger partial charge in [-0.25, -0.2) is 4.98 Å². The Balaban J connectivity index is 1.31. The van der Waals surface area contributed by atoms with E-state index in [9.17, 15) is 0 Å². The fourth-order valence-electron chi connectivity index (χ4n) is 5.80. The van der Waals surface area contributed by atoms with Crippen LogP contribution >= 0.6 is 0 Å². The number of nitrogens with two attached hydrogens (primary N) is 2. The summed E-state index contributed by atoms with van der Waals surface area (Å²) in [6.07, 6.45) is 7.60. The van der Waals surface area contributed by atoms with Crippen molar-refractivity contribution >= 4 is 17.7 Å². The van der Waals surface area contributed by atoms with E-state index in [0.29, 0.717) is 6.04 Å². The second kappa shape index (κ2) is 6.62. The zero-order valence-corrected chi connectivity index (χ0v) is 16.8. The number of nitrogens with zero attached hydrogens (tertiary/aromatic N) is 6. The molecule has 150 valence electrons. The quantitative estimate of drug-likeness (QED) is 0.835. The normalized spacial score (nSPS) is 30.3. The van der Waals surface area contributed by atoms with Crippen molar-refractivity contribution in [2.45, 2.75) is 51.6 Å². The Morgan fingerprint density at radius 3 is 2.61 bits per heavy atom. The molecule has 0 radical (unpaired) electrons. The van der Waals surface area contributed by atoms with E-state index in [1.165, 1.54) is 30.4 Å². The van der Waals surface area contributed by atoms with Gasteiger partial charge in [0.25, 0.3) is 0 Å². The van der Waals surface area contributed by atoms with Gasteiger partial charge < -0.3 is 16.4 Å². The molecule has 1 aliphatic heterocycles. The van der Waals surface area contributed by atoms with E-state index in [1.807, 2.05) is 0 Å². The van der Waals surface area contributed by atoms with Gasteiger partial charge in [0.2, 0.25) is 11.9 Å². The predicted molar refractivity (Wildman–Crippen MR) is 110 cm³/mol. The van der Waals surface area contributed by atoms with Gasteiger partial charge in [-0.05, 0) is 56.6 Å². The largest absolute Gasteiger partial charge is 0.368 e. The molecule has 3 unspecified atom stereocenters. The summed E-state index contributed by atoms with van der Waals surface area (Å²) in [7, 11) is 0. The first-order valence-corrected chi connectivity index (χ1v) is 10.5. The smallest absolute Gasteiger partial charge is 0.241 e. The van der Waals surface area contributed by atoms with Gasteiger partial charge in [-0.2, -0.15) is 9.67 Å². The summed E-state index contributed by atoms with van der Waals surface area (Å²) in [4.78, 5) is 13.9. The minimum Gasteiger partial charge on any atom is -0.368 e. The fourth-order valence-corrected chi connectivity index (χ4v) is 5.80. The van der Waals surface area contributed by atoms with E-state index < -0.39 is 0 Å². The van der Waals surface area contributed by atoms with Crippen LogP contribution in [0.5, 0.6) is 0 Å². The summed E-state index contributed by atoms with van der Waals surface area (Å²) < 4.78 is 1.54. The lowest BCUT2D eigenvalue weighted by Crippen LogP contribution is -2.56. The monoisotopic (exact) mass is 382 g/mol. The van der Waals surface area contributed by atoms with Gasteiger partial charge in [-0.1, -0.05) is 6.42 Å². The van der Waals surface area contributed by atoms with Crippen LogP contribution < -0.4 is 16.4 Å². The summed E-state index contributed by atoms with van der Waals surface area (Å²) in [5.41, 5.74) is 13.4. The van der Waals surface area contributed by atoms with Crippen LogP contribution in [0.4, 0.5) is 17.7 Å². The van der Waals surface area contributed by atoms with Crippen LogP contribution in [0.15, 0.2) is 12.3 Å². The van der Waals surface area contributed by atoms with Crippen LogP contribution in [-0.2, 0) is 0 Å². The zero-order chi connectivity index (χ0) is 19.4. The maximum atomic E-state index is 5.89. The first kappa shape index (κ1) is 17.7.